The molecule has 1 N–H and O–H groups in total. The Morgan fingerprint density at radius 1 is 1.19 bits per heavy atom. The predicted molar refractivity (Wildman–Crippen MR) is 75.4 cm³/mol. The summed E-state index contributed by atoms with van der Waals surface area (Å²) in [7, 11) is 0. The number of hydrogen-bond donors (Lipinski definition) is 1. The van der Waals surface area contributed by atoms with Crippen molar-refractivity contribution in [3.63, 3.8) is 0 Å². The molecule has 0 atom stereocenters. The summed E-state index contributed by atoms with van der Waals surface area (Å²) in [6, 6.07) is 4.03. The largest absolute Gasteiger partial charge is 0.506 e. The number of rotatable bonds is 8. The van der Waals surface area contributed by atoms with E-state index in [-0.39, 0.29) is 42.8 Å². The average Bonchev–Trinajstić information content (AvgIpc) is 2.48. The van der Waals surface area contributed by atoms with Crippen molar-refractivity contribution >= 4 is 23.5 Å². The fourth-order valence-corrected chi connectivity index (χ4v) is 1.45. The minimum absolute atomic E-state index is 0.0483. The molecule has 0 spiro atoms. The molecule has 0 heterocycles. The van der Waals surface area contributed by atoms with Crippen LogP contribution >= 0.6 is 11.6 Å². The van der Waals surface area contributed by atoms with Gasteiger partial charge in [0.15, 0.2) is 0 Å². The van der Waals surface area contributed by atoms with Crippen molar-refractivity contribution in [2.45, 2.75) is 0 Å². The van der Waals surface area contributed by atoms with Gasteiger partial charge in [-0.3, -0.25) is 0 Å². The van der Waals surface area contributed by atoms with E-state index in [0.29, 0.717) is 0 Å². The van der Waals surface area contributed by atoms with Crippen LogP contribution < -0.4 is 0 Å². The fraction of sp³-hybridized carbons (Fsp3) is 0.286. The molecule has 1 aromatic rings. The Kier molecular flexibility index (Phi) is 7.28. The summed E-state index contributed by atoms with van der Waals surface area (Å²) in [5.74, 6) is -1.20. The first kappa shape index (κ1) is 17.0. The summed E-state index contributed by atoms with van der Waals surface area (Å²) in [4.78, 5) is 22.3. The van der Waals surface area contributed by atoms with E-state index in [4.69, 9.17) is 21.1 Å². The van der Waals surface area contributed by atoms with Crippen LogP contribution in [0.4, 0.5) is 0 Å². The molecule has 0 aromatic heterocycles. The Balaban J connectivity index is 2.17. The van der Waals surface area contributed by atoms with Crippen LogP contribution in [0.1, 0.15) is 10.4 Å². The van der Waals surface area contributed by atoms with Gasteiger partial charge >= 0.3 is 11.9 Å². The number of benzene rings is 1. The maximum absolute atomic E-state index is 11.6. The third-order valence-corrected chi connectivity index (χ3v) is 2.59. The molecule has 6 nitrogen and oxygen atoms in total. The van der Waals surface area contributed by atoms with Gasteiger partial charge in [0.2, 0.25) is 0 Å². The molecule has 0 radical (unpaired) electrons. The summed E-state index contributed by atoms with van der Waals surface area (Å²) < 4.78 is 14.7. The first-order valence-corrected chi connectivity index (χ1v) is 6.45. The number of phenolic OH excluding ortho intramolecular Hbond substituents is 1. The summed E-state index contributed by atoms with van der Waals surface area (Å²) >= 11 is 5.68. The molecule has 0 aliphatic heterocycles. The number of phenols is 1. The van der Waals surface area contributed by atoms with E-state index in [2.05, 4.69) is 11.3 Å². The van der Waals surface area contributed by atoms with Gasteiger partial charge in [0, 0.05) is 6.08 Å². The number of esters is 2. The quantitative estimate of drug-likeness (QED) is 0.448. The lowest BCUT2D eigenvalue weighted by molar-refractivity contribution is -0.139. The molecule has 0 unspecified atom stereocenters. The molecule has 1 rings (SSSR count). The van der Waals surface area contributed by atoms with Gasteiger partial charge in [0.05, 0.1) is 23.8 Å². The van der Waals surface area contributed by atoms with E-state index in [1.807, 2.05) is 0 Å². The lowest BCUT2D eigenvalue weighted by Crippen LogP contribution is -2.14. The maximum Gasteiger partial charge on any atom is 0.338 e. The Bertz CT molecular complexity index is 514. The number of carbonyl (C=O) groups excluding carboxylic acids is 2. The zero-order chi connectivity index (χ0) is 15.7. The Hall–Kier alpha value is -2.05. The van der Waals surface area contributed by atoms with Crippen molar-refractivity contribution in [2.75, 3.05) is 26.4 Å². The monoisotopic (exact) mass is 314 g/mol. The van der Waals surface area contributed by atoms with Gasteiger partial charge in [-0.2, -0.15) is 0 Å². The standard InChI is InChI=1S/C14H15ClO6/c1-2-13(17)20-7-5-19-6-8-21-14(18)10-3-4-12(16)11(15)9-10/h2-4,9,16H,1,5-8H2. The van der Waals surface area contributed by atoms with Crippen molar-refractivity contribution in [3.8, 4) is 5.75 Å². The minimum Gasteiger partial charge on any atom is -0.506 e. The van der Waals surface area contributed by atoms with Gasteiger partial charge in [-0.15, -0.1) is 0 Å². The van der Waals surface area contributed by atoms with Crippen LogP contribution in [0.2, 0.25) is 5.02 Å². The number of carbonyl (C=O) groups is 2. The van der Waals surface area contributed by atoms with E-state index >= 15 is 0 Å². The van der Waals surface area contributed by atoms with Crippen LogP contribution in [0, 0.1) is 0 Å². The highest BCUT2D eigenvalue weighted by Crippen LogP contribution is 2.23. The average molecular weight is 315 g/mol. The summed E-state index contributed by atoms with van der Waals surface area (Å²) in [6.45, 7) is 3.77. The molecular formula is C14H15ClO6. The van der Waals surface area contributed by atoms with E-state index < -0.39 is 11.9 Å². The third kappa shape index (κ3) is 6.29. The molecule has 0 amide bonds. The minimum atomic E-state index is -0.571. The molecular weight excluding hydrogens is 300 g/mol. The normalized spacial score (nSPS) is 9.95. The van der Waals surface area contributed by atoms with E-state index in [1.54, 1.807) is 0 Å². The predicted octanol–water partition coefficient (Wildman–Crippen LogP) is 1.95. The molecule has 0 saturated heterocycles. The fourth-order valence-electron chi connectivity index (χ4n) is 1.27. The molecule has 0 bridgehead atoms. The second-order valence-corrected chi connectivity index (χ2v) is 4.19. The number of ether oxygens (including phenoxy) is 3. The molecule has 1 aromatic carbocycles. The topological polar surface area (TPSA) is 82.1 Å². The van der Waals surface area contributed by atoms with Crippen LogP contribution in [0.3, 0.4) is 0 Å². The van der Waals surface area contributed by atoms with E-state index in [0.717, 1.165) is 6.08 Å². The molecule has 0 fully saturated rings. The summed E-state index contributed by atoms with van der Waals surface area (Å²) in [6.07, 6.45) is 1.06. The zero-order valence-electron chi connectivity index (χ0n) is 11.2. The second-order valence-electron chi connectivity index (χ2n) is 3.79. The number of halogens is 1. The van der Waals surface area contributed by atoms with Gasteiger partial charge in [-0.1, -0.05) is 18.2 Å². The maximum atomic E-state index is 11.6. The molecule has 7 heteroatoms. The smallest absolute Gasteiger partial charge is 0.338 e. The first-order valence-electron chi connectivity index (χ1n) is 6.07. The first-order chi connectivity index (χ1) is 10.0. The van der Waals surface area contributed by atoms with Gasteiger partial charge in [-0.05, 0) is 18.2 Å². The van der Waals surface area contributed by atoms with Gasteiger partial charge in [0.25, 0.3) is 0 Å². The Morgan fingerprint density at radius 3 is 2.48 bits per heavy atom. The van der Waals surface area contributed by atoms with Crippen LogP contribution in [0.5, 0.6) is 5.75 Å². The van der Waals surface area contributed by atoms with Crippen LogP contribution in [0.25, 0.3) is 0 Å². The van der Waals surface area contributed by atoms with Gasteiger partial charge < -0.3 is 19.3 Å². The van der Waals surface area contributed by atoms with Crippen molar-refractivity contribution in [3.05, 3.63) is 41.4 Å². The SMILES string of the molecule is C=CC(=O)OCCOCCOC(=O)c1ccc(O)c(Cl)c1. The van der Waals surface area contributed by atoms with Crippen molar-refractivity contribution in [1.82, 2.24) is 0 Å². The van der Waals surface area contributed by atoms with E-state index in [9.17, 15) is 14.7 Å². The highest BCUT2D eigenvalue weighted by molar-refractivity contribution is 6.32. The third-order valence-electron chi connectivity index (χ3n) is 2.28. The van der Waals surface area contributed by atoms with Crippen LogP contribution in [-0.4, -0.2) is 43.5 Å². The highest BCUT2D eigenvalue weighted by atomic mass is 35.5. The second kappa shape index (κ2) is 8.99. The molecule has 0 aliphatic carbocycles. The van der Waals surface area contributed by atoms with Crippen molar-refractivity contribution in [2.24, 2.45) is 0 Å². The summed E-state index contributed by atoms with van der Waals surface area (Å²) in [5.41, 5.74) is 0.234. The van der Waals surface area contributed by atoms with E-state index in [1.165, 1.54) is 18.2 Å². The molecule has 114 valence electrons. The Morgan fingerprint density at radius 2 is 1.86 bits per heavy atom. The van der Waals surface area contributed by atoms with Crippen molar-refractivity contribution < 1.29 is 28.9 Å². The van der Waals surface area contributed by atoms with Crippen molar-refractivity contribution in [1.29, 1.82) is 0 Å². The van der Waals surface area contributed by atoms with Gasteiger partial charge in [-0.25, -0.2) is 9.59 Å². The van der Waals surface area contributed by atoms with Gasteiger partial charge in [0.1, 0.15) is 19.0 Å². The lowest BCUT2D eigenvalue weighted by atomic mass is 10.2. The molecule has 21 heavy (non-hydrogen) atoms. The number of aromatic hydroxyl groups is 1. The highest BCUT2D eigenvalue weighted by Gasteiger charge is 2.09. The van der Waals surface area contributed by atoms with Crippen LogP contribution in [0.15, 0.2) is 30.9 Å². The molecule has 0 aliphatic rings. The Labute approximate surface area is 126 Å². The number of hydrogen-bond acceptors (Lipinski definition) is 6. The molecule has 0 saturated carbocycles. The zero-order valence-corrected chi connectivity index (χ0v) is 12.0. The lowest BCUT2D eigenvalue weighted by Gasteiger charge is -2.07. The van der Waals surface area contributed by atoms with Crippen LogP contribution in [-0.2, 0) is 19.0 Å². The summed E-state index contributed by atoms with van der Waals surface area (Å²) in [5, 5.41) is 9.31.